The third-order valence-corrected chi connectivity index (χ3v) is 1.90. The standard InChI is InChI=1S/C10H17N3O2/c1-3-9-6-13-10(15-9)7-11-4-5-12-8(2)14/h6,11H,3-5,7H2,1-2H3,(H,12,14). The molecular weight excluding hydrogens is 194 g/mol. The predicted octanol–water partition coefficient (Wildman–Crippen LogP) is 0.463. The number of amides is 1. The molecular formula is C10H17N3O2. The van der Waals surface area contributed by atoms with Crippen LogP contribution in [0.15, 0.2) is 10.6 Å². The van der Waals surface area contributed by atoms with Gasteiger partial charge in [-0.2, -0.15) is 0 Å². The zero-order valence-electron chi connectivity index (χ0n) is 9.17. The minimum absolute atomic E-state index is 0.0128. The predicted molar refractivity (Wildman–Crippen MR) is 56.3 cm³/mol. The van der Waals surface area contributed by atoms with Crippen molar-refractivity contribution in [1.82, 2.24) is 15.6 Å². The molecule has 0 bridgehead atoms. The van der Waals surface area contributed by atoms with Crippen LogP contribution in [0, 0.1) is 0 Å². The van der Waals surface area contributed by atoms with Gasteiger partial charge in [-0.3, -0.25) is 4.79 Å². The number of carbonyl (C=O) groups is 1. The number of nitrogens with one attached hydrogen (secondary N) is 2. The van der Waals surface area contributed by atoms with Gasteiger partial charge in [0.1, 0.15) is 5.76 Å². The van der Waals surface area contributed by atoms with Gasteiger partial charge in [0.25, 0.3) is 0 Å². The van der Waals surface area contributed by atoms with Crippen molar-refractivity contribution in [2.24, 2.45) is 0 Å². The third kappa shape index (κ3) is 4.60. The summed E-state index contributed by atoms with van der Waals surface area (Å²) in [5, 5.41) is 5.82. The second kappa shape index (κ2) is 6.19. The van der Waals surface area contributed by atoms with Gasteiger partial charge in [0.15, 0.2) is 0 Å². The van der Waals surface area contributed by atoms with E-state index in [9.17, 15) is 4.79 Å². The molecule has 0 radical (unpaired) electrons. The van der Waals surface area contributed by atoms with E-state index in [1.165, 1.54) is 6.92 Å². The molecule has 1 aromatic rings. The van der Waals surface area contributed by atoms with E-state index in [1.807, 2.05) is 6.92 Å². The SMILES string of the molecule is CCc1cnc(CNCCNC(C)=O)o1. The summed E-state index contributed by atoms with van der Waals surface area (Å²) in [6.07, 6.45) is 2.60. The van der Waals surface area contributed by atoms with Crippen molar-refractivity contribution in [2.75, 3.05) is 13.1 Å². The molecule has 0 atom stereocenters. The Morgan fingerprint density at radius 3 is 2.93 bits per heavy atom. The minimum Gasteiger partial charge on any atom is -0.444 e. The molecule has 5 nitrogen and oxygen atoms in total. The molecule has 1 amide bonds. The first-order chi connectivity index (χ1) is 7.22. The number of nitrogens with zero attached hydrogens (tertiary/aromatic N) is 1. The lowest BCUT2D eigenvalue weighted by Gasteiger charge is -2.02. The second-order valence-corrected chi connectivity index (χ2v) is 3.23. The van der Waals surface area contributed by atoms with Crippen LogP contribution in [0.2, 0.25) is 0 Å². The molecule has 1 aromatic heterocycles. The average Bonchev–Trinajstić information content (AvgIpc) is 2.65. The fraction of sp³-hybridized carbons (Fsp3) is 0.600. The lowest BCUT2D eigenvalue weighted by molar-refractivity contribution is -0.118. The highest BCUT2D eigenvalue weighted by atomic mass is 16.4. The van der Waals surface area contributed by atoms with Gasteiger partial charge in [-0.25, -0.2) is 4.98 Å². The first-order valence-electron chi connectivity index (χ1n) is 5.11. The normalized spacial score (nSPS) is 10.3. The van der Waals surface area contributed by atoms with Crippen molar-refractivity contribution in [3.05, 3.63) is 17.8 Å². The smallest absolute Gasteiger partial charge is 0.216 e. The average molecular weight is 211 g/mol. The van der Waals surface area contributed by atoms with E-state index < -0.39 is 0 Å². The van der Waals surface area contributed by atoms with E-state index in [-0.39, 0.29) is 5.91 Å². The van der Waals surface area contributed by atoms with Crippen molar-refractivity contribution in [3.63, 3.8) is 0 Å². The number of rotatable bonds is 6. The van der Waals surface area contributed by atoms with Crippen molar-refractivity contribution in [2.45, 2.75) is 26.8 Å². The molecule has 1 heterocycles. The number of carbonyl (C=O) groups excluding carboxylic acids is 1. The Bertz CT molecular complexity index is 309. The lowest BCUT2D eigenvalue weighted by atomic mass is 10.4. The summed E-state index contributed by atoms with van der Waals surface area (Å²) in [6, 6.07) is 0. The van der Waals surface area contributed by atoms with Crippen LogP contribution in [0.3, 0.4) is 0 Å². The molecule has 15 heavy (non-hydrogen) atoms. The monoisotopic (exact) mass is 211 g/mol. The Kier molecular flexibility index (Phi) is 4.83. The molecule has 2 N–H and O–H groups in total. The van der Waals surface area contributed by atoms with Crippen molar-refractivity contribution in [3.8, 4) is 0 Å². The Morgan fingerprint density at radius 2 is 2.33 bits per heavy atom. The van der Waals surface area contributed by atoms with Gasteiger partial charge >= 0.3 is 0 Å². The van der Waals surface area contributed by atoms with E-state index in [0.717, 1.165) is 12.2 Å². The highest BCUT2D eigenvalue weighted by Gasteiger charge is 2.00. The summed E-state index contributed by atoms with van der Waals surface area (Å²) in [4.78, 5) is 14.7. The maximum atomic E-state index is 10.5. The minimum atomic E-state index is -0.0128. The number of hydrogen-bond donors (Lipinski definition) is 2. The van der Waals surface area contributed by atoms with Gasteiger partial charge < -0.3 is 15.1 Å². The van der Waals surface area contributed by atoms with E-state index in [0.29, 0.717) is 25.5 Å². The molecule has 5 heteroatoms. The first-order valence-corrected chi connectivity index (χ1v) is 5.11. The van der Waals surface area contributed by atoms with E-state index in [1.54, 1.807) is 6.20 Å². The van der Waals surface area contributed by atoms with Crippen LogP contribution in [0.5, 0.6) is 0 Å². The Balaban J connectivity index is 2.12. The summed E-state index contributed by atoms with van der Waals surface area (Å²) < 4.78 is 5.40. The molecule has 0 unspecified atom stereocenters. The fourth-order valence-electron chi connectivity index (χ4n) is 1.12. The molecule has 84 valence electrons. The van der Waals surface area contributed by atoms with E-state index in [4.69, 9.17) is 4.42 Å². The van der Waals surface area contributed by atoms with Crippen LogP contribution in [0.25, 0.3) is 0 Å². The summed E-state index contributed by atoms with van der Waals surface area (Å²) in [5.74, 6) is 1.57. The fourth-order valence-corrected chi connectivity index (χ4v) is 1.12. The zero-order chi connectivity index (χ0) is 11.1. The van der Waals surface area contributed by atoms with Crippen molar-refractivity contribution < 1.29 is 9.21 Å². The zero-order valence-corrected chi connectivity index (χ0v) is 9.17. The Hall–Kier alpha value is -1.36. The van der Waals surface area contributed by atoms with E-state index >= 15 is 0 Å². The maximum Gasteiger partial charge on any atom is 0.216 e. The highest BCUT2D eigenvalue weighted by molar-refractivity contribution is 5.72. The Labute approximate surface area is 89.3 Å². The van der Waals surface area contributed by atoms with Crippen molar-refractivity contribution in [1.29, 1.82) is 0 Å². The quantitative estimate of drug-likeness (QED) is 0.671. The summed E-state index contributed by atoms with van der Waals surface area (Å²) >= 11 is 0. The number of hydrogen-bond acceptors (Lipinski definition) is 4. The van der Waals surface area contributed by atoms with Gasteiger partial charge in [-0.05, 0) is 0 Å². The van der Waals surface area contributed by atoms with Crippen LogP contribution in [-0.4, -0.2) is 24.0 Å². The molecule has 0 aromatic carbocycles. The summed E-state index contributed by atoms with van der Waals surface area (Å²) in [7, 11) is 0. The largest absolute Gasteiger partial charge is 0.444 e. The molecule has 0 aliphatic heterocycles. The third-order valence-electron chi connectivity index (χ3n) is 1.90. The number of oxazole rings is 1. The van der Waals surface area contributed by atoms with Crippen molar-refractivity contribution >= 4 is 5.91 Å². The Morgan fingerprint density at radius 1 is 1.53 bits per heavy atom. The van der Waals surface area contributed by atoms with Crippen LogP contribution >= 0.6 is 0 Å². The van der Waals surface area contributed by atoms with Gasteiger partial charge in [-0.15, -0.1) is 0 Å². The van der Waals surface area contributed by atoms with Gasteiger partial charge in [0.2, 0.25) is 11.8 Å². The first kappa shape index (κ1) is 11.7. The number of aryl methyl sites for hydroxylation is 1. The maximum absolute atomic E-state index is 10.5. The van der Waals surface area contributed by atoms with Gasteiger partial charge in [-0.1, -0.05) is 6.92 Å². The van der Waals surface area contributed by atoms with Crippen LogP contribution in [0.1, 0.15) is 25.5 Å². The number of aromatic nitrogens is 1. The van der Waals surface area contributed by atoms with Crippen LogP contribution in [-0.2, 0) is 17.8 Å². The molecule has 0 saturated carbocycles. The highest BCUT2D eigenvalue weighted by Crippen LogP contribution is 2.02. The lowest BCUT2D eigenvalue weighted by Crippen LogP contribution is -2.29. The molecule has 0 saturated heterocycles. The molecule has 0 spiro atoms. The summed E-state index contributed by atoms with van der Waals surface area (Å²) in [6.45, 7) is 5.45. The summed E-state index contributed by atoms with van der Waals surface area (Å²) in [5.41, 5.74) is 0. The molecule has 0 aliphatic rings. The van der Waals surface area contributed by atoms with E-state index in [2.05, 4.69) is 15.6 Å². The topological polar surface area (TPSA) is 67.2 Å². The van der Waals surface area contributed by atoms with Gasteiger partial charge in [0, 0.05) is 26.4 Å². The van der Waals surface area contributed by atoms with Crippen LogP contribution < -0.4 is 10.6 Å². The molecule has 0 fully saturated rings. The van der Waals surface area contributed by atoms with Crippen LogP contribution in [0.4, 0.5) is 0 Å². The molecule has 0 aliphatic carbocycles. The molecule has 1 rings (SSSR count). The second-order valence-electron chi connectivity index (χ2n) is 3.23. The van der Waals surface area contributed by atoms with Gasteiger partial charge in [0.05, 0.1) is 12.7 Å².